The third kappa shape index (κ3) is 4.20. The predicted molar refractivity (Wildman–Crippen MR) is 96.9 cm³/mol. The van der Waals surface area contributed by atoms with E-state index in [1.54, 1.807) is 0 Å². The molecular weight excluding hydrogens is 428 g/mol. The summed E-state index contributed by atoms with van der Waals surface area (Å²) in [4.78, 5) is 24.5. The fourth-order valence-electron chi connectivity index (χ4n) is 2.30. The first-order valence-electron chi connectivity index (χ1n) is 7.52. The van der Waals surface area contributed by atoms with E-state index in [0.717, 1.165) is 19.2 Å². The van der Waals surface area contributed by atoms with Gasteiger partial charge in [0.1, 0.15) is 17.3 Å². The van der Waals surface area contributed by atoms with Crippen molar-refractivity contribution < 1.29 is 27.0 Å². The number of methoxy groups -OCH3 is 1. The van der Waals surface area contributed by atoms with Crippen LogP contribution < -0.4 is 16.0 Å². The van der Waals surface area contributed by atoms with Crippen LogP contribution in [0.5, 0.6) is 5.75 Å². The molecule has 2 rings (SSSR count). The van der Waals surface area contributed by atoms with Crippen molar-refractivity contribution in [1.82, 2.24) is 9.13 Å². The summed E-state index contributed by atoms with van der Waals surface area (Å²) < 4.78 is 63.9. The van der Waals surface area contributed by atoms with Gasteiger partial charge in [-0.1, -0.05) is 11.6 Å². The number of rotatable bonds is 4. The van der Waals surface area contributed by atoms with E-state index in [0.29, 0.717) is 0 Å². The molecule has 1 unspecified atom stereocenters. The molecule has 0 aliphatic rings. The van der Waals surface area contributed by atoms with E-state index in [1.165, 1.54) is 14.0 Å². The zero-order chi connectivity index (χ0) is 21.4. The minimum Gasteiger partial charge on any atom is -0.487 e. The number of hydrogen-bond donors (Lipinski definition) is 0. The lowest BCUT2D eigenvalue weighted by Crippen LogP contribution is -2.41. The first kappa shape index (κ1) is 21.9. The number of ether oxygens (including phenoxy) is 2. The number of alkyl halides is 3. The molecule has 0 bridgehead atoms. The monoisotopic (exact) mass is 440 g/mol. The molecule has 2 aromatic rings. The zero-order valence-electron chi connectivity index (χ0n) is 14.6. The highest BCUT2D eigenvalue weighted by Gasteiger charge is 2.35. The normalized spacial score (nSPS) is 12.6. The van der Waals surface area contributed by atoms with Gasteiger partial charge in [0.2, 0.25) is 0 Å². The van der Waals surface area contributed by atoms with Crippen molar-refractivity contribution in [3.05, 3.63) is 55.6 Å². The van der Waals surface area contributed by atoms with Gasteiger partial charge in [-0.3, -0.25) is 9.36 Å². The molecule has 0 aliphatic carbocycles. The highest BCUT2D eigenvalue weighted by molar-refractivity contribution is 7.80. The Morgan fingerprint density at radius 1 is 1.25 bits per heavy atom. The van der Waals surface area contributed by atoms with Gasteiger partial charge in [0.15, 0.2) is 11.2 Å². The Morgan fingerprint density at radius 3 is 2.39 bits per heavy atom. The molecule has 152 valence electrons. The molecule has 0 aliphatic heterocycles. The number of thiocarbonyl (C=S) groups is 1. The van der Waals surface area contributed by atoms with Crippen molar-refractivity contribution in [1.29, 1.82) is 0 Å². The van der Waals surface area contributed by atoms with Crippen LogP contribution in [-0.4, -0.2) is 27.4 Å². The van der Waals surface area contributed by atoms with Crippen molar-refractivity contribution in [2.45, 2.75) is 19.2 Å². The maximum Gasteiger partial charge on any atom is 0.431 e. The predicted octanol–water partition coefficient (Wildman–Crippen LogP) is 3.09. The van der Waals surface area contributed by atoms with E-state index in [9.17, 15) is 27.2 Å². The summed E-state index contributed by atoms with van der Waals surface area (Å²) in [6.45, 7) is 1.51. The lowest BCUT2D eigenvalue weighted by Gasteiger charge is -2.18. The topological polar surface area (TPSA) is 62.5 Å². The molecule has 12 heteroatoms. The minimum absolute atomic E-state index is 0.0459. The molecule has 0 amide bonds. The van der Waals surface area contributed by atoms with Crippen LogP contribution in [0.15, 0.2) is 27.8 Å². The van der Waals surface area contributed by atoms with Crippen LogP contribution in [0.3, 0.4) is 0 Å². The Kier molecular flexibility index (Phi) is 6.19. The van der Waals surface area contributed by atoms with E-state index in [-0.39, 0.29) is 31.0 Å². The Balaban J connectivity index is 2.68. The zero-order valence-corrected chi connectivity index (χ0v) is 16.2. The second kappa shape index (κ2) is 7.92. The van der Waals surface area contributed by atoms with Crippen LogP contribution in [0, 0.1) is 5.82 Å². The lowest BCUT2D eigenvalue weighted by molar-refractivity contribution is -0.144. The number of hydrogen-bond acceptors (Lipinski definition) is 5. The standard InChI is InChI=1S/C16H13ClF4N2O4S/c1-7(14(28)26-3)27-11-5-10(9(18)4-8(11)17)23-13(24)6-12(16(19,20)21)22(2)15(23)25/h4-7H,1-3H3. The quantitative estimate of drug-likeness (QED) is 0.540. The second-order valence-electron chi connectivity index (χ2n) is 5.56. The Labute approximate surface area is 165 Å². The molecule has 6 nitrogen and oxygen atoms in total. The van der Waals surface area contributed by atoms with Gasteiger partial charge in [-0.15, -0.1) is 0 Å². The van der Waals surface area contributed by atoms with Crippen LogP contribution in [0.4, 0.5) is 17.6 Å². The summed E-state index contributed by atoms with van der Waals surface area (Å²) in [5, 5.41) is -0.159. The average molecular weight is 441 g/mol. The summed E-state index contributed by atoms with van der Waals surface area (Å²) in [5.41, 5.74) is -4.87. The maximum atomic E-state index is 14.4. The van der Waals surface area contributed by atoms with E-state index in [4.69, 9.17) is 33.3 Å². The number of benzene rings is 1. The third-order valence-electron chi connectivity index (χ3n) is 3.69. The van der Waals surface area contributed by atoms with E-state index < -0.39 is 40.7 Å². The SMILES string of the molecule is COC(=S)C(C)Oc1cc(-n2c(=O)cc(C(F)(F)F)n(C)c2=O)c(F)cc1Cl. The van der Waals surface area contributed by atoms with Gasteiger partial charge in [-0.2, -0.15) is 13.2 Å². The van der Waals surface area contributed by atoms with E-state index in [2.05, 4.69) is 0 Å². The molecule has 0 spiro atoms. The number of halogens is 5. The summed E-state index contributed by atoms with van der Waals surface area (Å²) in [7, 11) is 2.12. The van der Waals surface area contributed by atoms with Crippen LogP contribution in [0.25, 0.3) is 5.69 Å². The molecule has 0 saturated carbocycles. The first-order chi connectivity index (χ1) is 12.9. The molecule has 0 saturated heterocycles. The molecular formula is C16H13ClF4N2O4S. The smallest absolute Gasteiger partial charge is 0.431 e. The maximum absolute atomic E-state index is 14.4. The van der Waals surface area contributed by atoms with Crippen LogP contribution in [0.2, 0.25) is 5.02 Å². The van der Waals surface area contributed by atoms with Gasteiger partial charge in [-0.05, 0) is 25.2 Å². The first-order valence-corrected chi connectivity index (χ1v) is 8.31. The van der Waals surface area contributed by atoms with E-state index >= 15 is 0 Å². The van der Waals surface area contributed by atoms with Gasteiger partial charge in [0.05, 0.1) is 17.8 Å². The van der Waals surface area contributed by atoms with Gasteiger partial charge in [-0.25, -0.2) is 13.8 Å². The summed E-state index contributed by atoms with van der Waals surface area (Å²) >= 11 is 10.8. The van der Waals surface area contributed by atoms with Crippen LogP contribution in [-0.2, 0) is 18.0 Å². The Hall–Kier alpha value is -2.40. The molecule has 1 heterocycles. The highest BCUT2D eigenvalue weighted by atomic mass is 35.5. The average Bonchev–Trinajstić information content (AvgIpc) is 2.59. The molecule has 0 radical (unpaired) electrons. The number of aromatic nitrogens is 2. The van der Waals surface area contributed by atoms with Gasteiger partial charge < -0.3 is 9.47 Å². The molecule has 0 N–H and O–H groups in total. The minimum atomic E-state index is -4.94. The molecule has 0 fully saturated rings. The fraction of sp³-hybridized carbons (Fsp3) is 0.312. The van der Waals surface area contributed by atoms with Crippen molar-refractivity contribution in [2.75, 3.05) is 7.11 Å². The van der Waals surface area contributed by atoms with Crippen molar-refractivity contribution in [2.24, 2.45) is 7.05 Å². The van der Waals surface area contributed by atoms with Gasteiger partial charge in [0.25, 0.3) is 5.56 Å². The van der Waals surface area contributed by atoms with Crippen molar-refractivity contribution >= 4 is 28.9 Å². The molecule has 28 heavy (non-hydrogen) atoms. The Bertz CT molecular complexity index is 1050. The third-order valence-corrected chi connectivity index (χ3v) is 4.48. The fourth-order valence-corrected chi connectivity index (χ4v) is 2.55. The Morgan fingerprint density at radius 2 is 1.86 bits per heavy atom. The highest BCUT2D eigenvalue weighted by Crippen LogP contribution is 2.31. The van der Waals surface area contributed by atoms with Gasteiger partial charge in [0, 0.05) is 19.2 Å². The summed E-state index contributed by atoms with van der Waals surface area (Å²) in [5.74, 6) is -1.27. The van der Waals surface area contributed by atoms with E-state index in [1.807, 2.05) is 0 Å². The largest absolute Gasteiger partial charge is 0.487 e. The molecule has 1 atom stereocenters. The number of nitrogens with zero attached hydrogens (tertiary/aromatic N) is 2. The summed E-state index contributed by atoms with van der Waals surface area (Å²) in [6, 6.07) is 1.87. The van der Waals surface area contributed by atoms with Crippen molar-refractivity contribution in [3.63, 3.8) is 0 Å². The van der Waals surface area contributed by atoms with Crippen LogP contribution >= 0.6 is 23.8 Å². The van der Waals surface area contributed by atoms with Crippen molar-refractivity contribution in [3.8, 4) is 11.4 Å². The molecule has 1 aromatic carbocycles. The lowest BCUT2D eigenvalue weighted by atomic mass is 10.2. The molecule has 1 aromatic heterocycles. The van der Waals surface area contributed by atoms with Gasteiger partial charge >= 0.3 is 11.9 Å². The second-order valence-corrected chi connectivity index (χ2v) is 6.37. The van der Waals surface area contributed by atoms with Crippen LogP contribution in [0.1, 0.15) is 12.6 Å². The summed E-state index contributed by atoms with van der Waals surface area (Å²) in [6.07, 6.45) is -5.74.